The van der Waals surface area contributed by atoms with Crippen molar-refractivity contribution in [2.24, 2.45) is 0 Å². The number of hydrogen-bond acceptors (Lipinski definition) is 6. The van der Waals surface area contributed by atoms with Crippen molar-refractivity contribution < 1.29 is 9.47 Å². The third-order valence-electron chi connectivity index (χ3n) is 4.60. The van der Waals surface area contributed by atoms with Gasteiger partial charge in [-0.1, -0.05) is 0 Å². The highest BCUT2D eigenvalue weighted by molar-refractivity contribution is 7.09. The Morgan fingerprint density at radius 2 is 1.96 bits per heavy atom. The summed E-state index contributed by atoms with van der Waals surface area (Å²) in [7, 11) is 3.74. The molecule has 0 aliphatic heterocycles. The summed E-state index contributed by atoms with van der Waals surface area (Å²) in [5.41, 5.74) is 3.35. The van der Waals surface area contributed by atoms with Gasteiger partial charge >= 0.3 is 0 Å². The number of aromatic nitrogens is 3. The van der Waals surface area contributed by atoms with Gasteiger partial charge in [0, 0.05) is 47.9 Å². The average Bonchev–Trinajstić information content (AvgIpc) is 3.31. The zero-order chi connectivity index (χ0) is 19.5. The van der Waals surface area contributed by atoms with Gasteiger partial charge in [-0.25, -0.2) is 4.98 Å². The lowest BCUT2D eigenvalue weighted by molar-refractivity contribution is 0.150. The van der Waals surface area contributed by atoms with Crippen LogP contribution in [0.25, 0.3) is 33.3 Å². The molecule has 0 radical (unpaired) electrons. The predicted octanol–water partition coefficient (Wildman–Crippen LogP) is 3.09. The quantitative estimate of drug-likeness (QED) is 0.477. The van der Waals surface area contributed by atoms with E-state index in [9.17, 15) is 4.79 Å². The van der Waals surface area contributed by atoms with Gasteiger partial charge in [-0.2, -0.15) is 0 Å². The molecule has 0 bridgehead atoms. The summed E-state index contributed by atoms with van der Waals surface area (Å²) in [6.07, 6.45) is 0. The third-order valence-corrected chi connectivity index (χ3v) is 5.34. The summed E-state index contributed by atoms with van der Waals surface area (Å²) in [4.78, 5) is 25.2. The Morgan fingerprint density at radius 1 is 1.11 bits per heavy atom. The standard InChI is InChI=1S/C20H22N4O3S/c1-24(5-7-26-2)6-8-27-14-4-3-13-9-16(21-15(13)10-14)19-20(25)23-18-12-28-11-17(18)22-19/h3-4,9-12,21H,5-8H2,1-2H3,(H,23,25). The molecular formula is C20H22N4O3S. The zero-order valence-corrected chi connectivity index (χ0v) is 16.6. The van der Waals surface area contributed by atoms with Crippen molar-refractivity contribution in [2.45, 2.75) is 0 Å². The number of thiophene rings is 1. The molecule has 0 fully saturated rings. The minimum atomic E-state index is -0.201. The molecule has 28 heavy (non-hydrogen) atoms. The van der Waals surface area contributed by atoms with Crippen LogP contribution in [0, 0.1) is 0 Å². The van der Waals surface area contributed by atoms with E-state index in [2.05, 4.69) is 19.9 Å². The molecule has 2 N–H and O–H groups in total. The second kappa shape index (κ2) is 8.14. The van der Waals surface area contributed by atoms with Crippen LogP contribution < -0.4 is 10.3 Å². The SMILES string of the molecule is COCCN(C)CCOc1ccc2cc(-c3nc4cscc4[nH]c3=O)[nH]c2c1. The first kappa shape index (κ1) is 18.7. The average molecular weight is 398 g/mol. The Balaban J connectivity index is 1.51. The fourth-order valence-electron chi connectivity index (χ4n) is 3.01. The number of methoxy groups -OCH3 is 1. The van der Waals surface area contributed by atoms with E-state index >= 15 is 0 Å². The summed E-state index contributed by atoms with van der Waals surface area (Å²) in [6, 6.07) is 7.81. The van der Waals surface area contributed by atoms with Crippen LogP contribution in [-0.2, 0) is 4.74 Å². The van der Waals surface area contributed by atoms with Gasteiger partial charge in [-0.05, 0) is 25.2 Å². The van der Waals surface area contributed by atoms with Gasteiger partial charge in [-0.15, -0.1) is 11.3 Å². The number of nitrogens with zero attached hydrogens (tertiary/aromatic N) is 2. The number of rotatable bonds is 8. The van der Waals surface area contributed by atoms with Crippen molar-refractivity contribution in [1.82, 2.24) is 19.9 Å². The molecule has 1 aromatic carbocycles. The number of fused-ring (bicyclic) bond motifs is 2. The lowest BCUT2D eigenvalue weighted by Crippen LogP contribution is -2.27. The number of aromatic amines is 2. The van der Waals surface area contributed by atoms with Gasteiger partial charge in [0.25, 0.3) is 5.56 Å². The molecule has 7 nitrogen and oxygen atoms in total. The topological polar surface area (TPSA) is 83.2 Å². The summed E-state index contributed by atoms with van der Waals surface area (Å²) in [6.45, 7) is 2.99. The molecule has 8 heteroatoms. The van der Waals surface area contributed by atoms with Crippen LogP contribution in [0.1, 0.15) is 0 Å². The second-order valence-corrected chi connectivity index (χ2v) is 7.41. The molecule has 0 amide bonds. The van der Waals surface area contributed by atoms with Gasteiger partial charge < -0.3 is 24.3 Å². The maximum atomic E-state index is 12.4. The van der Waals surface area contributed by atoms with Gasteiger partial charge in [0.1, 0.15) is 12.4 Å². The van der Waals surface area contributed by atoms with E-state index in [1.807, 2.05) is 42.1 Å². The third kappa shape index (κ3) is 3.94. The van der Waals surface area contributed by atoms with E-state index in [1.54, 1.807) is 7.11 Å². The molecule has 4 aromatic rings. The Kier molecular flexibility index (Phi) is 5.43. The summed E-state index contributed by atoms with van der Waals surface area (Å²) < 4.78 is 10.9. The van der Waals surface area contributed by atoms with Crippen LogP contribution in [0.2, 0.25) is 0 Å². The largest absolute Gasteiger partial charge is 0.492 e. The highest BCUT2D eigenvalue weighted by atomic mass is 32.1. The Bertz CT molecular complexity index is 1150. The van der Waals surface area contributed by atoms with Gasteiger partial charge in [0.05, 0.1) is 23.3 Å². The Hall–Kier alpha value is -2.68. The van der Waals surface area contributed by atoms with Crippen molar-refractivity contribution in [3.63, 3.8) is 0 Å². The highest BCUT2D eigenvalue weighted by Gasteiger charge is 2.11. The lowest BCUT2D eigenvalue weighted by atomic mass is 10.2. The molecule has 0 aliphatic carbocycles. The zero-order valence-electron chi connectivity index (χ0n) is 15.8. The van der Waals surface area contributed by atoms with Crippen molar-refractivity contribution in [1.29, 1.82) is 0 Å². The van der Waals surface area contributed by atoms with Crippen LogP contribution in [-0.4, -0.2) is 60.3 Å². The van der Waals surface area contributed by atoms with E-state index < -0.39 is 0 Å². The first-order valence-electron chi connectivity index (χ1n) is 9.03. The fraction of sp³-hybridized carbons (Fsp3) is 0.300. The summed E-state index contributed by atoms with van der Waals surface area (Å²) in [5, 5.41) is 4.81. The molecule has 0 spiro atoms. The van der Waals surface area contributed by atoms with Crippen LogP contribution in [0.5, 0.6) is 5.75 Å². The van der Waals surface area contributed by atoms with Gasteiger partial charge in [0.2, 0.25) is 0 Å². The number of hydrogen-bond donors (Lipinski definition) is 2. The van der Waals surface area contributed by atoms with Crippen molar-refractivity contribution in [3.8, 4) is 17.1 Å². The molecule has 4 rings (SSSR count). The van der Waals surface area contributed by atoms with Crippen molar-refractivity contribution in [3.05, 3.63) is 45.4 Å². The van der Waals surface area contributed by atoms with Crippen LogP contribution >= 0.6 is 11.3 Å². The van der Waals surface area contributed by atoms with Crippen molar-refractivity contribution >= 4 is 33.3 Å². The molecule has 0 saturated carbocycles. The van der Waals surface area contributed by atoms with Gasteiger partial charge in [-0.3, -0.25) is 4.79 Å². The van der Waals surface area contributed by atoms with E-state index in [0.717, 1.165) is 40.8 Å². The molecule has 3 heterocycles. The molecule has 0 aliphatic rings. The first-order valence-corrected chi connectivity index (χ1v) is 9.98. The van der Waals surface area contributed by atoms with Crippen LogP contribution in [0.3, 0.4) is 0 Å². The predicted molar refractivity (Wildman–Crippen MR) is 112 cm³/mol. The lowest BCUT2D eigenvalue weighted by Gasteiger charge is -2.16. The number of nitrogens with one attached hydrogen (secondary N) is 2. The molecule has 3 aromatic heterocycles. The van der Waals surface area contributed by atoms with Crippen LogP contribution in [0.4, 0.5) is 0 Å². The van der Waals surface area contributed by atoms with E-state index in [1.165, 1.54) is 11.3 Å². The number of benzene rings is 1. The van der Waals surface area contributed by atoms with E-state index in [4.69, 9.17) is 9.47 Å². The smallest absolute Gasteiger partial charge is 0.276 e. The number of likely N-dealkylation sites (N-methyl/N-ethyl adjacent to an activating group) is 1. The van der Waals surface area contributed by atoms with Gasteiger partial charge in [0.15, 0.2) is 5.69 Å². The minimum Gasteiger partial charge on any atom is -0.492 e. The maximum absolute atomic E-state index is 12.4. The molecule has 146 valence electrons. The Morgan fingerprint density at radius 3 is 2.82 bits per heavy atom. The van der Waals surface area contributed by atoms with Crippen LogP contribution in [0.15, 0.2) is 39.8 Å². The fourth-order valence-corrected chi connectivity index (χ4v) is 3.70. The second-order valence-electron chi connectivity index (χ2n) is 6.66. The molecule has 0 atom stereocenters. The maximum Gasteiger partial charge on any atom is 0.276 e. The Labute approximate surface area is 165 Å². The first-order chi connectivity index (χ1) is 13.6. The molecule has 0 unspecified atom stereocenters. The summed E-state index contributed by atoms with van der Waals surface area (Å²) in [5.74, 6) is 0.788. The highest BCUT2D eigenvalue weighted by Crippen LogP contribution is 2.25. The minimum absolute atomic E-state index is 0.201. The van der Waals surface area contributed by atoms with E-state index in [0.29, 0.717) is 24.6 Å². The van der Waals surface area contributed by atoms with Crippen molar-refractivity contribution in [2.75, 3.05) is 40.5 Å². The normalized spacial score (nSPS) is 11.7. The monoisotopic (exact) mass is 398 g/mol. The number of H-pyrrole nitrogens is 2. The summed E-state index contributed by atoms with van der Waals surface area (Å²) >= 11 is 1.52. The molecular weight excluding hydrogens is 376 g/mol. The number of ether oxygens (including phenoxy) is 2. The van der Waals surface area contributed by atoms with E-state index in [-0.39, 0.29) is 5.56 Å². The molecule has 0 saturated heterocycles.